The van der Waals surface area contributed by atoms with Crippen molar-refractivity contribution in [3.8, 4) is 5.75 Å². The predicted octanol–water partition coefficient (Wildman–Crippen LogP) is 2.92. The topological polar surface area (TPSA) is 64.3 Å². The van der Waals surface area contributed by atoms with Gasteiger partial charge in [-0.3, -0.25) is 4.79 Å². The molecule has 118 valence electrons. The van der Waals surface area contributed by atoms with Crippen molar-refractivity contribution in [2.45, 2.75) is 52.2 Å². The lowest BCUT2D eigenvalue weighted by molar-refractivity contribution is -0.127. The maximum atomic E-state index is 13.8. The van der Waals surface area contributed by atoms with Crippen LogP contribution in [0.1, 0.15) is 51.6 Å². The molecule has 21 heavy (non-hydrogen) atoms. The molecule has 1 aromatic carbocycles. The molecule has 0 radical (unpaired) electrons. The Bertz CT molecular complexity index is 464. The molecule has 0 bridgehead atoms. The van der Waals surface area contributed by atoms with E-state index in [2.05, 4.69) is 12.2 Å². The highest BCUT2D eigenvalue weighted by atomic mass is 19.1. The Morgan fingerprint density at radius 1 is 1.38 bits per heavy atom. The summed E-state index contributed by atoms with van der Waals surface area (Å²) in [6.07, 6.45) is 2.48. The molecule has 5 heteroatoms. The highest BCUT2D eigenvalue weighted by Gasteiger charge is 2.15. The number of carbonyl (C=O) groups is 1. The van der Waals surface area contributed by atoms with Crippen LogP contribution in [0.3, 0.4) is 0 Å². The summed E-state index contributed by atoms with van der Waals surface area (Å²) >= 11 is 0. The van der Waals surface area contributed by atoms with Gasteiger partial charge in [-0.1, -0.05) is 25.8 Å². The summed E-state index contributed by atoms with van der Waals surface area (Å²) in [5.74, 6) is -0.283. The summed E-state index contributed by atoms with van der Waals surface area (Å²) < 4.78 is 19.2. The standard InChI is InChI=1S/C16H25FN2O2/c1-4-5-6-9-19-16(20)12(3)21-13-7-8-14(11(2)18)15(17)10-13/h7-8,10-12H,4-6,9,18H2,1-3H3,(H,19,20)/t11-,12?/m0/s1. The molecule has 0 aliphatic heterocycles. The van der Waals surface area contributed by atoms with Crippen molar-refractivity contribution in [3.63, 3.8) is 0 Å². The molecule has 1 amide bonds. The van der Waals surface area contributed by atoms with Gasteiger partial charge in [0, 0.05) is 24.2 Å². The lowest BCUT2D eigenvalue weighted by Crippen LogP contribution is -2.36. The first-order chi connectivity index (χ1) is 9.95. The van der Waals surface area contributed by atoms with Gasteiger partial charge in [-0.2, -0.15) is 0 Å². The number of amides is 1. The number of rotatable bonds is 8. The molecule has 1 unspecified atom stereocenters. The molecule has 0 aliphatic carbocycles. The van der Waals surface area contributed by atoms with Crippen LogP contribution in [0, 0.1) is 5.82 Å². The van der Waals surface area contributed by atoms with Crippen molar-refractivity contribution in [1.82, 2.24) is 5.32 Å². The second-order valence-electron chi connectivity index (χ2n) is 5.23. The molecular weight excluding hydrogens is 271 g/mol. The molecule has 0 aromatic heterocycles. The number of ether oxygens (including phenoxy) is 1. The third-order valence-corrected chi connectivity index (χ3v) is 3.22. The van der Waals surface area contributed by atoms with E-state index in [1.54, 1.807) is 26.0 Å². The monoisotopic (exact) mass is 296 g/mol. The zero-order valence-electron chi connectivity index (χ0n) is 13.0. The largest absolute Gasteiger partial charge is 0.481 e. The average Bonchev–Trinajstić information content (AvgIpc) is 2.43. The van der Waals surface area contributed by atoms with E-state index in [0.717, 1.165) is 19.3 Å². The first-order valence-electron chi connectivity index (χ1n) is 7.45. The van der Waals surface area contributed by atoms with Gasteiger partial charge in [-0.15, -0.1) is 0 Å². The van der Waals surface area contributed by atoms with Crippen LogP contribution >= 0.6 is 0 Å². The summed E-state index contributed by atoms with van der Waals surface area (Å²) in [6.45, 7) is 6.10. The van der Waals surface area contributed by atoms with Gasteiger partial charge in [-0.25, -0.2) is 4.39 Å². The fourth-order valence-corrected chi connectivity index (χ4v) is 1.94. The number of hydrogen-bond acceptors (Lipinski definition) is 3. The zero-order valence-corrected chi connectivity index (χ0v) is 13.0. The second kappa shape index (κ2) is 8.62. The Balaban J connectivity index is 2.52. The van der Waals surface area contributed by atoms with Crippen LogP contribution < -0.4 is 15.8 Å². The molecule has 0 fully saturated rings. The van der Waals surface area contributed by atoms with Crippen LogP contribution in [-0.2, 0) is 4.79 Å². The number of unbranched alkanes of at least 4 members (excludes halogenated alkanes) is 2. The number of nitrogens with two attached hydrogens (primary N) is 1. The Kier molecular flexibility index (Phi) is 7.15. The minimum absolute atomic E-state index is 0.192. The van der Waals surface area contributed by atoms with Crippen LogP contribution in [-0.4, -0.2) is 18.6 Å². The number of nitrogens with one attached hydrogen (secondary N) is 1. The molecule has 0 heterocycles. The smallest absolute Gasteiger partial charge is 0.260 e. The van der Waals surface area contributed by atoms with E-state index < -0.39 is 11.9 Å². The van der Waals surface area contributed by atoms with E-state index in [4.69, 9.17) is 10.5 Å². The third kappa shape index (κ3) is 5.71. The van der Waals surface area contributed by atoms with Crippen LogP contribution in [0.15, 0.2) is 18.2 Å². The zero-order chi connectivity index (χ0) is 15.8. The molecule has 1 rings (SSSR count). The minimum atomic E-state index is -0.660. The number of carbonyl (C=O) groups excluding carboxylic acids is 1. The van der Waals surface area contributed by atoms with E-state index in [1.165, 1.54) is 6.07 Å². The summed E-state index contributed by atoms with van der Waals surface area (Å²) in [6, 6.07) is 4.10. The molecule has 0 spiro atoms. The van der Waals surface area contributed by atoms with E-state index in [0.29, 0.717) is 17.9 Å². The van der Waals surface area contributed by atoms with Gasteiger partial charge in [0.2, 0.25) is 0 Å². The van der Waals surface area contributed by atoms with Crippen LogP contribution in [0.4, 0.5) is 4.39 Å². The maximum Gasteiger partial charge on any atom is 0.260 e. The summed E-state index contributed by atoms with van der Waals surface area (Å²) in [7, 11) is 0. The van der Waals surface area contributed by atoms with Crippen molar-refractivity contribution in [1.29, 1.82) is 0 Å². The molecule has 0 saturated heterocycles. The molecule has 3 N–H and O–H groups in total. The van der Waals surface area contributed by atoms with Crippen LogP contribution in [0.25, 0.3) is 0 Å². The van der Waals surface area contributed by atoms with Crippen molar-refractivity contribution in [2.24, 2.45) is 5.73 Å². The molecular formula is C16H25FN2O2. The summed E-state index contributed by atoms with van der Waals surface area (Å²) in [5, 5.41) is 2.80. The average molecular weight is 296 g/mol. The second-order valence-corrected chi connectivity index (χ2v) is 5.23. The Labute approximate surface area is 125 Å². The molecule has 1 aromatic rings. The van der Waals surface area contributed by atoms with E-state index in [9.17, 15) is 9.18 Å². The van der Waals surface area contributed by atoms with Gasteiger partial charge in [0.05, 0.1) is 0 Å². The Morgan fingerprint density at radius 3 is 2.67 bits per heavy atom. The Morgan fingerprint density at radius 2 is 2.10 bits per heavy atom. The van der Waals surface area contributed by atoms with Crippen molar-refractivity contribution in [3.05, 3.63) is 29.6 Å². The van der Waals surface area contributed by atoms with Gasteiger partial charge in [0.15, 0.2) is 6.10 Å². The number of halogens is 1. The van der Waals surface area contributed by atoms with Crippen molar-refractivity contribution >= 4 is 5.91 Å². The Hall–Kier alpha value is -1.62. The lowest BCUT2D eigenvalue weighted by atomic mass is 10.1. The summed E-state index contributed by atoms with van der Waals surface area (Å²) in [5.41, 5.74) is 6.08. The van der Waals surface area contributed by atoms with E-state index >= 15 is 0 Å². The van der Waals surface area contributed by atoms with E-state index in [-0.39, 0.29) is 11.9 Å². The molecule has 0 saturated carbocycles. The van der Waals surface area contributed by atoms with Gasteiger partial charge in [0.25, 0.3) is 5.91 Å². The van der Waals surface area contributed by atoms with Crippen LogP contribution in [0.5, 0.6) is 5.75 Å². The lowest BCUT2D eigenvalue weighted by Gasteiger charge is -2.16. The van der Waals surface area contributed by atoms with E-state index in [1.807, 2.05) is 0 Å². The number of hydrogen-bond donors (Lipinski definition) is 2. The fourth-order valence-electron chi connectivity index (χ4n) is 1.94. The first kappa shape index (κ1) is 17.4. The van der Waals surface area contributed by atoms with Gasteiger partial charge in [0.1, 0.15) is 11.6 Å². The van der Waals surface area contributed by atoms with Crippen molar-refractivity contribution in [2.75, 3.05) is 6.54 Å². The normalized spacial score (nSPS) is 13.6. The molecule has 4 nitrogen and oxygen atoms in total. The first-order valence-corrected chi connectivity index (χ1v) is 7.45. The highest BCUT2D eigenvalue weighted by Crippen LogP contribution is 2.21. The van der Waals surface area contributed by atoms with Gasteiger partial charge >= 0.3 is 0 Å². The SMILES string of the molecule is CCCCCNC(=O)C(C)Oc1ccc([C@H](C)N)c(F)c1. The predicted molar refractivity (Wildman–Crippen MR) is 81.6 cm³/mol. The van der Waals surface area contributed by atoms with Crippen LogP contribution in [0.2, 0.25) is 0 Å². The maximum absolute atomic E-state index is 13.8. The van der Waals surface area contributed by atoms with Gasteiger partial charge < -0.3 is 15.8 Å². The fraction of sp³-hybridized carbons (Fsp3) is 0.562. The molecule has 0 aliphatic rings. The third-order valence-electron chi connectivity index (χ3n) is 3.22. The minimum Gasteiger partial charge on any atom is -0.481 e. The quantitative estimate of drug-likeness (QED) is 0.725. The van der Waals surface area contributed by atoms with Gasteiger partial charge in [-0.05, 0) is 26.3 Å². The molecule has 2 atom stereocenters. The van der Waals surface area contributed by atoms with Crippen molar-refractivity contribution < 1.29 is 13.9 Å². The highest BCUT2D eigenvalue weighted by molar-refractivity contribution is 5.80. The number of benzene rings is 1. The summed E-state index contributed by atoms with van der Waals surface area (Å²) in [4.78, 5) is 11.8.